The first kappa shape index (κ1) is 20.3. The highest BCUT2D eigenvalue weighted by atomic mass is 16.6. The van der Waals surface area contributed by atoms with Gasteiger partial charge in [0.25, 0.3) is 0 Å². The monoisotopic (exact) mass is 361 g/mol. The number of hydrogen-bond acceptors (Lipinski definition) is 3. The molecule has 0 saturated heterocycles. The van der Waals surface area contributed by atoms with Gasteiger partial charge in [0.2, 0.25) is 0 Å². The normalized spacial score (nSPS) is 17.7. The van der Waals surface area contributed by atoms with E-state index >= 15 is 0 Å². The Kier molecular flexibility index (Phi) is 6.68. The van der Waals surface area contributed by atoms with Crippen molar-refractivity contribution in [2.75, 3.05) is 0 Å². The maximum absolute atomic E-state index is 13.0. The molecule has 0 radical (unpaired) electrons. The average Bonchev–Trinajstić information content (AvgIpc) is 2.52. The lowest BCUT2D eigenvalue weighted by Crippen LogP contribution is -2.57. The standard InChI is InChI=1S/C21H31NO4/c1-20(2,3)26-19(25)22(16-17-12-8-7-9-13-17)21(18(23)24)14-10-5-4-6-11-15-21/h7-9,12-13H,4-6,10-11,14-16H2,1-3H3,(H,23,24). The van der Waals surface area contributed by atoms with Crippen molar-refractivity contribution in [3.05, 3.63) is 35.9 Å². The Hall–Kier alpha value is -2.04. The molecule has 5 nitrogen and oxygen atoms in total. The van der Waals surface area contributed by atoms with Gasteiger partial charge in [-0.2, -0.15) is 0 Å². The second-order valence-electron chi connectivity index (χ2n) is 8.16. The topological polar surface area (TPSA) is 66.8 Å². The summed E-state index contributed by atoms with van der Waals surface area (Å²) in [6, 6.07) is 9.53. The van der Waals surface area contributed by atoms with Crippen LogP contribution < -0.4 is 0 Å². The lowest BCUT2D eigenvalue weighted by molar-refractivity contribution is -0.153. The zero-order valence-electron chi connectivity index (χ0n) is 16.2. The SMILES string of the molecule is CC(C)(C)OC(=O)N(Cc1ccccc1)C1(C(=O)O)CCCCCCC1. The molecule has 1 amide bonds. The first-order chi connectivity index (χ1) is 12.2. The van der Waals surface area contributed by atoms with E-state index in [4.69, 9.17) is 4.74 Å². The molecule has 0 heterocycles. The van der Waals surface area contributed by atoms with Crippen LogP contribution in [0.4, 0.5) is 4.79 Å². The van der Waals surface area contributed by atoms with Crippen molar-refractivity contribution in [1.82, 2.24) is 4.90 Å². The van der Waals surface area contributed by atoms with Gasteiger partial charge >= 0.3 is 12.1 Å². The van der Waals surface area contributed by atoms with Crippen LogP contribution in [-0.4, -0.2) is 33.2 Å². The van der Waals surface area contributed by atoms with Crippen molar-refractivity contribution in [3.8, 4) is 0 Å². The number of benzene rings is 1. The van der Waals surface area contributed by atoms with Gasteiger partial charge in [0.1, 0.15) is 11.1 Å². The molecule has 1 saturated carbocycles. The lowest BCUT2D eigenvalue weighted by Gasteiger charge is -2.42. The molecule has 0 aliphatic heterocycles. The molecule has 1 N–H and O–H groups in total. The van der Waals surface area contributed by atoms with E-state index in [0.29, 0.717) is 12.8 Å². The fourth-order valence-corrected chi connectivity index (χ4v) is 3.56. The molecule has 0 unspecified atom stereocenters. The summed E-state index contributed by atoms with van der Waals surface area (Å²) in [4.78, 5) is 26.9. The van der Waals surface area contributed by atoms with Crippen molar-refractivity contribution < 1.29 is 19.4 Å². The van der Waals surface area contributed by atoms with Gasteiger partial charge in [0.15, 0.2) is 0 Å². The van der Waals surface area contributed by atoms with Crippen molar-refractivity contribution in [3.63, 3.8) is 0 Å². The number of nitrogens with zero attached hydrogens (tertiary/aromatic N) is 1. The number of carbonyl (C=O) groups is 2. The number of hydrogen-bond donors (Lipinski definition) is 1. The second kappa shape index (κ2) is 8.56. The summed E-state index contributed by atoms with van der Waals surface area (Å²) in [7, 11) is 0. The molecule has 1 aliphatic carbocycles. The lowest BCUT2D eigenvalue weighted by atomic mass is 9.82. The van der Waals surface area contributed by atoms with Gasteiger partial charge in [0, 0.05) is 0 Å². The fraction of sp³-hybridized carbons (Fsp3) is 0.619. The molecule has 0 aromatic heterocycles. The molecule has 0 bridgehead atoms. The van der Waals surface area contributed by atoms with Gasteiger partial charge in [-0.05, 0) is 39.2 Å². The molecular weight excluding hydrogens is 330 g/mol. The highest BCUT2D eigenvalue weighted by Crippen LogP contribution is 2.34. The van der Waals surface area contributed by atoms with E-state index in [-0.39, 0.29) is 6.54 Å². The van der Waals surface area contributed by atoms with Crippen LogP contribution in [0.3, 0.4) is 0 Å². The van der Waals surface area contributed by atoms with Gasteiger partial charge in [-0.25, -0.2) is 9.59 Å². The Bertz CT molecular complexity index is 598. The van der Waals surface area contributed by atoms with Crippen molar-refractivity contribution in [2.24, 2.45) is 0 Å². The molecule has 0 spiro atoms. The number of carboxylic acids is 1. The maximum Gasteiger partial charge on any atom is 0.411 e. The second-order valence-corrected chi connectivity index (χ2v) is 8.16. The molecule has 1 fully saturated rings. The number of carboxylic acid groups (broad SMARTS) is 1. The Morgan fingerprint density at radius 1 is 1.04 bits per heavy atom. The molecule has 1 aromatic carbocycles. The average molecular weight is 361 g/mol. The third-order valence-corrected chi connectivity index (χ3v) is 4.89. The van der Waals surface area contributed by atoms with Crippen molar-refractivity contribution in [2.45, 2.75) is 83.4 Å². The quantitative estimate of drug-likeness (QED) is 0.820. The zero-order valence-corrected chi connectivity index (χ0v) is 16.2. The van der Waals surface area contributed by atoms with Crippen molar-refractivity contribution >= 4 is 12.1 Å². The Morgan fingerprint density at radius 2 is 1.58 bits per heavy atom. The fourth-order valence-electron chi connectivity index (χ4n) is 3.56. The minimum absolute atomic E-state index is 0.238. The van der Waals surface area contributed by atoms with E-state index in [1.54, 1.807) is 20.8 Å². The van der Waals surface area contributed by atoms with Crippen molar-refractivity contribution in [1.29, 1.82) is 0 Å². The Morgan fingerprint density at radius 3 is 2.08 bits per heavy atom. The molecule has 144 valence electrons. The smallest absolute Gasteiger partial charge is 0.411 e. The number of aliphatic carboxylic acids is 1. The molecule has 1 aliphatic rings. The van der Waals surface area contributed by atoms with Crippen LogP contribution in [0, 0.1) is 0 Å². The summed E-state index contributed by atoms with van der Waals surface area (Å²) in [6.07, 6.45) is 5.12. The Labute approximate surface area is 156 Å². The zero-order chi connectivity index (χ0) is 19.2. The summed E-state index contributed by atoms with van der Waals surface area (Å²) < 4.78 is 5.60. The van der Waals surface area contributed by atoms with Crippen LogP contribution >= 0.6 is 0 Å². The van der Waals surface area contributed by atoms with Gasteiger partial charge in [-0.1, -0.05) is 62.4 Å². The maximum atomic E-state index is 13.0. The van der Waals surface area contributed by atoms with Gasteiger partial charge in [0.05, 0.1) is 6.54 Å². The van der Waals surface area contributed by atoms with Gasteiger partial charge in [-0.3, -0.25) is 4.90 Å². The first-order valence-electron chi connectivity index (χ1n) is 9.52. The summed E-state index contributed by atoms with van der Waals surface area (Å²) in [6.45, 7) is 5.65. The molecule has 26 heavy (non-hydrogen) atoms. The third kappa shape index (κ3) is 5.23. The van der Waals surface area contributed by atoms with Crippen LogP contribution in [0.5, 0.6) is 0 Å². The predicted octanol–water partition coefficient (Wildman–Crippen LogP) is 4.99. The van der Waals surface area contributed by atoms with Crippen LogP contribution in [0.2, 0.25) is 0 Å². The van der Waals surface area contributed by atoms with E-state index in [9.17, 15) is 14.7 Å². The number of amides is 1. The van der Waals surface area contributed by atoms with E-state index in [1.165, 1.54) is 4.90 Å². The van der Waals surface area contributed by atoms with Crippen LogP contribution in [0.1, 0.15) is 71.3 Å². The highest BCUT2D eigenvalue weighted by Gasteiger charge is 2.47. The number of rotatable bonds is 4. The number of carbonyl (C=O) groups excluding carboxylic acids is 1. The minimum atomic E-state index is -1.21. The Balaban J connectivity index is 2.40. The molecular formula is C21H31NO4. The minimum Gasteiger partial charge on any atom is -0.479 e. The molecule has 2 rings (SSSR count). The largest absolute Gasteiger partial charge is 0.479 e. The van der Waals surface area contributed by atoms with Crippen LogP contribution in [0.25, 0.3) is 0 Å². The van der Waals surface area contributed by atoms with Crippen LogP contribution in [-0.2, 0) is 16.1 Å². The van der Waals surface area contributed by atoms with Gasteiger partial charge < -0.3 is 9.84 Å². The van der Waals surface area contributed by atoms with Gasteiger partial charge in [-0.15, -0.1) is 0 Å². The third-order valence-electron chi connectivity index (χ3n) is 4.89. The van der Waals surface area contributed by atoms with Crippen LogP contribution in [0.15, 0.2) is 30.3 Å². The molecule has 1 aromatic rings. The summed E-state index contributed by atoms with van der Waals surface area (Å²) >= 11 is 0. The highest BCUT2D eigenvalue weighted by molar-refractivity contribution is 5.84. The van der Waals surface area contributed by atoms with E-state index in [0.717, 1.165) is 37.7 Å². The first-order valence-corrected chi connectivity index (χ1v) is 9.52. The molecule has 0 atom stereocenters. The van der Waals surface area contributed by atoms with E-state index < -0.39 is 23.2 Å². The summed E-state index contributed by atoms with van der Waals surface area (Å²) in [5.41, 5.74) is -0.979. The predicted molar refractivity (Wildman–Crippen MR) is 101 cm³/mol. The summed E-state index contributed by atoms with van der Waals surface area (Å²) in [5.74, 6) is -0.929. The summed E-state index contributed by atoms with van der Waals surface area (Å²) in [5, 5.41) is 10.2. The van der Waals surface area contributed by atoms with E-state index in [1.807, 2.05) is 30.3 Å². The number of ether oxygens (including phenoxy) is 1. The molecule has 5 heteroatoms. The van der Waals surface area contributed by atoms with E-state index in [2.05, 4.69) is 0 Å².